The average Bonchev–Trinajstić information content (AvgIpc) is 3.34. The van der Waals surface area contributed by atoms with Crippen LogP contribution in [0.5, 0.6) is 0 Å². The lowest BCUT2D eigenvalue weighted by molar-refractivity contribution is -0.151. The van der Waals surface area contributed by atoms with Crippen LogP contribution in [0.1, 0.15) is 17.8 Å². The van der Waals surface area contributed by atoms with E-state index in [0.29, 0.717) is 0 Å². The van der Waals surface area contributed by atoms with E-state index in [1.54, 1.807) is 13.0 Å². The number of imide groups is 1. The summed E-state index contributed by atoms with van der Waals surface area (Å²) in [5.74, 6) is -4.22. The van der Waals surface area contributed by atoms with E-state index in [2.05, 4.69) is 5.32 Å². The molecule has 2 saturated heterocycles. The number of anilines is 1. The van der Waals surface area contributed by atoms with E-state index in [-0.39, 0.29) is 5.69 Å². The van der Waals surface area contributed by atoms with Crippen LogP contribution in [0.25, 0.3) is 0 Å². The second-order valence-corrected chi connectivity index (χ2v) is 7.78. The molecule has 0 saturated carbocycles. The number of hydrogen-bond acceptors (Lipinski definition) is 6. The first-order valence-electron chi connectivity index (χ1n) is 8.42. The second kappa shape index (κ2) is 6.24. The lowest BCUT2D eigenvalue weighted by Crippen LogP contribution is -2.54. The number of fused-ring (bicyclic) bond motifs is 1. The molecule has 0 unspecified atom stereocenters. The van der Waals surface area contributed by atoms with E-state index in [1.165, 1.54) is 36.6 Å². The normalized spacial score (nSPS) is 29.9. The Bertz CT molecular complexity index is 932. The molecule has 4 atom stereocenters. The molecule has 2 aromatic rings. The van der Waals surface area contributed by atoms with Gasteiger partial charge in [0, 0.05) is 4.88 Å². The number of amides is 2. The fourth-order valence-electron chi connectivity index (χ4n) is 4.12. The summed E-state index contributed by atoms with van der Waals surface area (Å²) in [4.78, 5) is 40.6. The van der Waals surface area contributed by atoms with E-state index in [1.807, 2.05) is 17.5 Å². The van der Waals surface area contributed by atoms with Gasteiger partial charge in [-0.25, -0.2) is 9.29 Å². The lowest BCUT2D eigenvalue weighted by Gasteiger charge is -2.28. The molecule has 140 valence electrons. The lowest BCUT2D eigenvalue weighted by atomic mass is 9.81. The summed E-state index contributed by atoms with van der Waals surface area (Å²) < 4.78 is 19.2. The standard InChI is InChI=1S/C19H17FN2O4S/c1-19(18(25)26-2)14-13(15(21-19)12-8-5-9-27-12)16(23)22(17(14)24)11-7-4-3-6-10(11)20/h3-9,13-15,21H,1-2H3/t13-,14-,15-,19-/m0/s1. The van der Waals surface area contributed by atoms with Crippen LogP contribution in [0.2, 0.25) is 0 Å². The highest BCUT2D eigenvalue weighted by atomic mass is 32.1. The van der Waals surface area contributed by atoms with Crippen LogP contribution in [0.3, 0.4) is 0 Å². The Morgan fingerprint density at radius 2 is 1.96 bits per heavy atom. The monoisotopic (exact) mass is 388 g/mol. The quantitative estimate of drug-likeness (QED) is 0.645. The maximum atomic E-state index is 14.3. The maximum absolute atomic E-state index is 14.3. The molecule has 6 nitrogen and oxygen atoms in total. The number of hydrogen-bond donors (Lipinski definition) is 1. The first-order valence-corrected chi connectivity index (χ1v) is 9.30. The Kier molecular flexibility index (Phi) is 4.12. The zero-order chi connectivity index (χ0) is 19.3. The van der Waals surface area contributed by atoms with E-state index < -0.39 is 47.0 Å². The first kappa shape index (κ1) is 17.8. The van der Waals surface area contributed by atoms with Crippen molar-refractivity contribution in [3.05, 3.63) is 52.5 Å². The van der Waals surface area contributed by atoms with Gasteiger partial charge < -0.3 is 4.74 Å². The van der Waals surface area contributed by atoms with Crippen molar-refractivity contribution in [2.75, 3.05) is 12.0 Å². The number of carbonyl (C=O) groups excluding carboxylic acids is 3. The molecule has 1 aromatic heterocycles. The van der Waals surface area contributed by atoms with Crippen molar-refractivity contribution >= 4 is 34.8 Å². The van der Waals surface area contributed by atoms with Crippen molar-refractivity contribution in [1.82, 2.24) is 5.32 Å². The minimum Gasteiger partial charge on any atom is -0.468 e. The van der Waals surface area contributed by atoms with Crippen molar-refractivity contribution in [1.29, 1.82) is 0 Å². The highest BCUT2D eigenvalue weighted by molar-refractivity contribution is 7.10. The predicted octanol–water partition coefficient (Wildman–Crippen LogP) is 2.27. The van der Waals surface area contributed by atoms with Gasteiger partial charge in [-0.2, -0.15) is 0 Å². The number of methoxy groups -OCH3 is 1. The number of ether oxygens (including phenoxy) is 1. The van der Waals surface area contributed by atoms with Crippen LogP contribution in [-0.2, 0) is 19.1 Å². The molecule has 3 heterocycles. The van der Waals surface area contributed by atoms with Crippen molar-refractivity contribution < 1.29 is 23.5 Å². The molecule has 4 rings (SSSR count). The molecule has 0 spiro atoms. The first-order chi connectivity index (χ1) is 12.9. The largest absolute Gasteiger partial charge is 0.468 e. The van der Waals surface area contributed by atoms with Gasteiger partial charge in [-0.1, -0.05) is 18.2 Å². The predicted molar refractivity (Wildman–Crippen MR) is 96.5 cm³/mol. The third-order valence-electron chi connectivity index (χ3n) is 5.34. The molecule has 2 aliphatic rings. The molecule has 1 N–H and O–H groups in total. The number of nitrogens with one attached hydrogen (secondary N) is 1. The number of esters is 1. The number of nitrogens with zero attached hydrogens (tertiary/aromatic N) is 1. The van der Waals surface area contributed by atoms with E-state index in [9.17, 15) is 18.8 Å². The number of thiophene rings is 1. The molecule has 0 radical (unpaired) electrons. The van der Waals surface area contributed by atoms with Crippen LogP contribution in [-0.4, -0.2) is 30.4 Å². The molecule has 0 aliphatic carbocycles. The molecule has 27 heavy (non-hydrogen) atoms. The van der Waals surface area contributed by atoms with Gasteiger partial charge in [0.15, 0.2) is 0 Å². The molecule has 2 aliphatic heterocycles. The molecular formula is C19H17FN2O4S. The van der Waals surface area contributed by atoms with E-state index >= 15 is 0 Å². The number of rotatable bonds is 3. The fraction of sp³-hybridized carbons (Fsp3) is 0.316. The third-order valence-corrected chi connectivity index (χ3v) is 6.30. The Morgan fingerprint density at radius 1 is 1.22 bits per heavy atom. The minimum atomic E-state index is -1.39. The third kappa shape index (κ3) is 2.44. The summed E-state index contributed by atoms with van der Waals surface area (Å²) in [5.41, 5.74) is -1.49. The van der Waals surface area contributed by atoms with Gasteiger partial charge in [0.25, 0.3) is 0 Å². The van der Waals surface area contributed by atoms with Crippen LogP contribution >= 0.6 is 11.3 Å². The number of carbonyl (C=O) groups is 3. The molecule has 2 amide bonds. The van der Waals surface area contributed by atoms with Crippen LogP contribution in [0, 0.1) is 17.7 Å². The number of para-hydroxylation sites is 1. The Labute approximate surface area is 158 Å². The van der Waals surface area contributed by atoms with Crippen LogP contribution in [0.4, 0.5) is 10.1 Å². The highest BCUT2D eigenvalue weighted by Gasteiger charge is 2.67. The van der Waals surface area contributed by atoms with Crippen LogP contribution in [0.15, 0.2) is 41.8 Å². The summed E-state index contributed by atoms with van der Waals surface area (Å²) >= 11 is 1.42. The van der Waals surface area contributed by atoms with E-state index in [0.717, 1.165) is 9.78 Å². The molecule has 8 heteroatoms. The summed E-state index contributed by atoms with van der Waals surface area (Å²) in [6.45, 7) is 1.56. The summed E-state index contributed by atoms with van der Waals surface area (Å²) in [7, 11) is 1.23. The average molecular weight is 388 g/mol. The van der Waals surface area contributed by atoms with Crippen LogP contribution < -0.4 is 10.2 Å². The highest BCUT2D eigenvalue weighted by Crippen LogP contribution is 2.50. The topological polar surface area (TPSA) is 75.7 Å². The fourth-order valence-corrected chi connectivity index (χ4v) is 4.94. The number of halogens is 1. The second-order valence-electron chi connectivity index (χ2n) is 6.80. The minimum absolute atomic E-state index is 0.0981. The van der Waals surface area contributed by atoms with Crippen molar-refractivity contribution in [3.63, 3.8) is 0 Å². The van der Waals surface area contributed by atoms with Crippen molar-refractivity contribution in [3.8, 4) is 0 Å². The summed E-state index contributed by atoms with van der Waals surface area (Å²) in [6, 6.07) is 8.76. The number of benzene rings is 1. The Morgan fingerprint density at radius 3 is 2.59 bits per heavy atom. The molecular weight excluding hydrogens is 371 g/mol. The van der Waals surface area contributed by atoms with Gasteiger partial charge in [0.2, 0.25) is 11.8 Å². The Balaban J connectivity index is 1.84. The zero-order valence-corrected chi connectivity index (χ0v) is 15.5. The van der Waals surface area contributed by atoms with Gasteiger partial charge in [0.05, 0.1) is 30.7 Å². The van der Waals surface area contributed by atoms with Gasteiger partial charge in [0.1, 0.15) is 11.4 Å². The summed E-state index contributed by atoms with van der Waals surface area (Å²) in [6.07, 6.45) is 0. The SMILES string of the molecule is COC(=O)[C@@]1(C)N[C@@H](c2cccs2)[C@H]2C(=O)N(c3ccccc3F)C(=O)[C@H]21. The smallest absolute Gasteiger partial charge is 0.326 e. The Hall–Kier alpha value is -2.58. The maximum Gasteiger partial charge on any atom is 0.326 e. The van der Waals surface area contributed by atoms with Gasteiger partial charge >= 0.3 is 5.97 Å². The molecule has 0 bridgehead atoms. The van der Waals surface area contributed by atoms with Gasteiger partial charge in [-0.3, -0.25) is 19.7 Å². The summed E-state index contributed by atoms with van der Waals surface area (Å²) in [5, 5.41) is 5.00. The van der Waals surface area contributed by atoms with Gasteiger partial charge in [-0.05, 0) is 30.5 Å². The zero-order valence-electron chi connectivity index (χ0n) is 14.6. The molecule has 1 aromatic carbocycles. The van der Waals surface area contributed by atoms with Crippen molar-refractivity contribution in [2.24, 2.45) is 11.8 Å². The van der Waals surface area contributed by atoms with E-state index in [4.69, 9.17) is 4.74 Å². The molecule has 2 fully saturated rings. The van der Waals surface area contributed by atoms with Crippen molar-refractivity contribution in [2.45, 2.75) is 18.5 Å². The van der Waals surface area contributed by atoms with Gasteiger partial charge in [-0.15, -0.1) is 11.3 Å².